The molecule has 0 amide bonds. The van der Waals surface area contributed by atoms with Crippen molar-refractivity contribution in [3.8, 4) is 17.2 Å². The maximum absolute atomic E-state index is 6.26. The van der Waals surface area contributed by atoms with Crippen LogP contribution in [0.5, 0.6) is 17.2 Å². The van der Waals surface area contributed by atoms with Crippen LogP contribution in [0.15, 0.2) is 18.2 Å². The average Bonchev–Trinajstić information content (AvgIpc) is 2.46. The number of rotatable bonds is 2. The van der Waals surface area contributed by atoms with Gasteiger partial charge in [0.1, 0.15) is 22.8 Å². The van der Waals surface area contributed by atoms with E-state index in [1.807, 2.05) is 12.1 Å². The van der Waals surface area contributed by atoms with Gasteiger partial charge in [-0.05, 0) is 25.2 Å². The van der Waals surface area contributed by atoms with E-state index in [0.717, 1.165) is 48.7 Å². The van der Waals surface area contributed by atoms with Crippen LogP contribution in [0, 0.1) is 0 Å². The van der Waals surface area contributed by atoms with Crippen LogP contribution >= 0.6 is 0 Å². The van der Waals surface area contributed by atoms with Crippen molar-refractivity contribution >= 4 is 6.08 Å². The second-order valence-electron chi connectivity index (χ2n) is 4.99. The topological polar surface area (TPSA) is 39.7 Å². The molecule has 0 bridgehead atoms. The predicted octanol–water partition coefficient (Wildman–Crippen LogP) is 2.23. The molecule has 0 unspecified atom stereocenters. The first-order valence-electron chi connectivity index (χ1n) is 6.61. The van der Waals surface area contributed by atoms with Gasteiger partial charge >= 0.3 is 0 Å². The standard InChI is InChI=1S/C15H19NO3/c1-17-11-9-13(18-2)12-3-4-15(19-14(12)10-11)5-7-16-8-6-15/h3-4,9-10,16H,5-8H2,1-2H3. The van der Waals surface area contributed by atoms with Gasteiger partial charge in [-0.3, -0.25) is 0 Å². The normalized spacial score (nSPS) is 19.7. The van der Waals surface area contributed by atoms with Crippen LogP contribution in [-0.2, 0) is 0 Å². The van der Waals surface area contributed by atoms with Crippen molar-refractivity contribution in [3.05, 3.63) is 23.8 Å². The zero-order chi connectivity index (χ0) is 13.3. The van der Waals surface area contributed by atoms with E-state index in [0.29, 0.717) is 0 Å². The Morgan fingerprint density at radius 2 is 1.95 bits per heavy atom. The van der Waals surface area contributed by atoms with E-state index in [2.05, 4.69) is 17.5 Å². The number of hydrogen-bond acceptors (Lipinski definition) is 4. The van der Waals surface area contributed by atoms with Crippen LogP contribution in [0.3, 0.4) is 0 Å². The molecule has 0 radical (unpaired) electrons. The van der Waals surface area contributed by atoms with Gasteiger partial charge in [0.25, 0.3) is 0 Å². The molecule has 2 aliphatic heterocycles. The highest BCUT2D eigenvalue weighted by atomic mass is 16.5. The fourth-order valence-electron chi connectivity index (χ4n) is 2.72. The Hall–Kier alpha value is -1.68. The molecule has 1 aromatic carbocycles. The molecule has 102 valence electrons. The lowest BCUT2D eigenvalue weighted by Crippen LogP contribution is -2.45. The van der Waals surface area contributed by atoms with Crippen LogP contribution in [0.1, 0.15) is 18.4 Å². The number of hydrogen-bond donors (Lipinski definition) is 1. The molecule has 1 N–H and O–H groups in total. The van der Waals surface area contributed by atoms with E-state index in [9.17, 15) is 0 Å². The smallest absolute Gasteiger partial charge is 0.135 e. The maximum Gasteiger partial charge on any atom is 0.135 e. The van der Waals surface area contributed by atoms with Gasteiger partial charge in [0.15, 0.2) is 0 Å². The third-order valence-corrected chi connectivity index (χ3v) is 3.85. The minimum Gasteiger partial charge on any atom is -0.496 e. The monoisotopic (exact) mass is 261 g/mol. The zero-order valence-corrected chi connectivity index (χ0v) is 11.4. The van der Waals surface area contributed by atoms with E-state index in [1.54, 1.807) is 14.2 Å². The first kappa shape index (κ1) is 12.4. The maximum atomic E-state index is 6.26. The summed E-state index contributed by atoms with van der Waals surface area (Å²) in [4.78, 5) is 0. The molecule has 1 spiro atoms. The molecule has 0 aromatic heterocycles. The summed E-state index contributed by atoms with van der Waals surface area (Å²) >= 11 is 0. The van der Waals surface area contributed by atoms with Crippen LogP contribution < -0.4 is 19.5 Å². The van der Waals surface area contributed by atoms with Crippen molar-refractivity contribution in [1.29, 1.82) is 0 Å². The molecular weight excluding hydrogens is 242 g/mol. The molecule has 4 nitrogen and oxygen atoms in total. The molecule has 0 saturated carbocycles. The molecule has 1 fully saturated rings. The predicted molar refractivity (Wildman–Crippen MR) is 74.0 cm³/mol. The third kappa shape index (κ3) is 2.16. The highest BCUT2D eigenvalue weighted by Crippen LogP contribution is 2.42. The lowest BCUT2D eigenvalue weighted by atomic mass is 9.89. The highest BCUT2D eigenvalue weighted by molar-refractivity contribution is 5.69. The van der Waals surface area contributed by atoms with E-state index >= 15 is 0 Å². The van der Waals surface area contributed by atoms with Crippen molar-refractivity contribution in [1.82, 2.24) is 5.32 Å². The lowest BCUT2D eigenvalue weighted by Gasteiger charge is -2.38. The summed E-state index contributed by atoms with van der Waals surface area (Å²) in [5.41, 5.74) is 0.822. The van der Waals surface area contributed by atoms with Crippen LogP contribution in [0.25, 0.3) is 6.08 Å². The molecule has 0 atom stereocenters. The number of piperidine rings is 1. The average molecular weight is 261 g/mol. The molecule has 2 aliphatic rings. The van der Waals surface area contributed by atoms with Gasteiger partial charge in [-0.25, -0.2) is 0 Å². The Bertz CT molecular complexity index is 504. The molecule has 1 saturated heterocycles. The lowest BCUT2D eigenvalue weighted by molar-refractivity contribution is 0.0816. The van der Waals surface area contributed by atoms with Gasteiger partial charge in [-0.1, -0.05) is 0 Å². The van der Waals surface area contributed by atoms with Crippen molar-refractivity contribution < 1.29 is 14.2 Å². The van der Waals surface area contributed by atoms with Gasteiger partial charge < -0.3 is 19.5 Å². The number of methoxy groups -OCH3 is 2. The third-order valence-electron chi connectivity index (χ3n) is 3.85. The Balaban J connectivity index is 2.00. The highest BCUT2D eigenvalue weighted by Gasteiger charge is 2.35. The number of fused-ring (bicyclic) bond motifs is 1. The minimum atomic E-state index is -0.171. The second kappa shape index (κ2) is 4.78. The van der Waals surface area contributed by atoms with Crippen molar-refractivity contribution in [2.45, 2.75) is 18.4 Å². The van der Waals surface area contributed by atoms with E-state index < -0.39 is 0 Å². The molecule has 2 heterocycles. The van der Waals surface area contributed by atoms with Crippen molar-refractivity contribution in [3.63, 3.8) is 0 Å². The van der Waals surface area contributed by atoms with Gasteiger partial charge in [0.05, 0.1) is 19.8 Å². The van der Waals surface area contributed by atoms with Gasteiger partial charge in [0.2, 0.25) is 0 Å². The molecule has 19 heavy (non-hydrogen) atoms. The number of ether oxygens (including phenoxy) is 3. The first-order valence-corrected chi connectivity index (χ1v) is 6.61. The fourth-order valence-corrected chi connectivity index (χ4v) is 2.72. The second-order valence-corrected chi connectivity index (χ2v) is 4.99. The molecule has 1 aromatic rings. The number of benzene rings is 1. The summed E-state index contributed by atoms with van der Waals surface area (Å²) < 4.78 is 17.0. The Morgan fingerprint density at radius 1 is 1.16 bits per heavy atom. The van der Waals surface area contributed by atoms with Gasteiger partial charge in [0, 0.05) is 25.0 Å². The summed E-state index contributed by atoms with van der Waals surface area (Å²) in [7, 11) is 3.32. The summed E-state index contributed by atoms with van der Waals surface area (Å²) in [6, 6.07) is 3.82. The van der Waals surface area contributed by atoms with E-state index in [4.69, 9.17) is 14.2 Å². The van der Waals surface area contributed by atoms with E-state index in [1.165, 1.54) is 0 Å². The van der Waals surface area contributed by atoms with Gasteiger partial charge in [-0.15, -0.1) is 0 Å². The van der Waals surface area contributed by atoms with Crippen LogP contribution in [0.2, 0.25) is 0 Å². The minimum absolute atomic E-state index is 0.171. The SMILES string of the molecule is COc1cc(OC)c2c(c1)OC1(C=C2)CCNCC1. The quantitative estimate of drug-likeness (QED) is 0.886. The Labute approximate surface area is 113 Å². The summed E-state index contributed by atoms with van der Waals surface area (Å²) in [6.45, 7) is 1.97. The van der Waals surface area contributed by atoms with E-state index in [-0.39, 0.29) is 5.60 Å². The fraction of sp³-hybridized carbons (Fsp3) is 0.467. The first-order chi connectivity index (χ1) is 9.26. The Morgan fingerprint density at radius 3 is 2.63 bits per heavy atom. The summed E-state index contributed by atoms with van der Waals surface area (Å²) in [5, 5.41) is 3.36. The van der Waals surface area contributed by atoms with Crippen molar-refractivity contribution in [2.24, 2.45) is 0 Å². The zero-order valence-electron chi connectivity index (χ0n) is 11.4. The Kier molecular flexibility index (Phi) is 3.11. The van der Waals surface area contributed by atoms with Crippen LogP contribution in [-0.4, -0.2) is 32.9 Å². The molecule has 4 heteroatoms. The van der Waals surface area contributed by atoms with Gasteiger partial charge in [-0.2, -0.15) is 0 Å². The number of nitrogens with one attached hydrogen (secondary N) is 1. The molecule has 0 aliphatic carbocycles. The summed E-state index contributed by atoms with van der Waals surface area (Å²) in [5.74, 6) is 2.39. The summed E-state index contributed by atoms with van der Waals surface area (Å²) in [6.07, 6.45) is 6.26. The van der Waals surface area contributed by atoms with Crippen molar-refractivity contribution in [2.75, 3.05) is 27.3 Å². The largest absolute Gasteiger partial charge is 0.496 e. The molecular formula is C15H19NO3. The molecule has 3 rings (SSSR count). The van der Waals surface area contributed by atoms with Crippen LogP contribution in [0.4, 0.5) is 0 Å².